The number of amides is 1. The minimum Gasteiger partial charge on any atom is -0.383 e. The zero-order chi connectivity index (χ0) is 24.0. The molecule has 0 saturated heterocycles. The first-order valence-corrected chi connectivity index (χ1v) is 11.6. The molecule has 0 saturated carbocycles. The number of carbonyl (C=O) groups excluding carboxylic acids is 1. The summed E-state index contributed by atoms with van der Waals surface area (Å²) in [6, 6.07) is 16.6. The van der Waals surface area contributed by atoms with Gasteiger partial charge < -0.3 is 10.1 Å². The standard InChI is InChI=1S/C25H24ClN3O3S/c1-16(2)18-7-9-20(10-8-18)29-24(31)22(14-17-5-4-6-19(26)13-17)33-25(29)21(15-27)23(30)28-11-12-32-3/h4-10,13-14,16H,11-12H2,1-3H3,(H,28,30)/b22-14-,25-21-. The number of thiazole rings is 1. The predicted molar refractivity (Wildman–Crippen MR) is 132 cm³/mol. The van der Waals surface area contributed by atoms with Crippen molar-refractivity contribution in [3.63, 3.8) is 0 Å². The van der Waals surface area contributed by atoms with Gasteiger partial charge in [0, 0.05) is 18.7 Å². The maximum Gasteiger partial charge on any atom is 0.273 e. The predicted octanol–water partition coefficient (Wildman–Crippen LogP) is 2.94. The molecule has 170 valence electrons. The number of benzene rings is 2. The molecule has 0 spiro atoms. The Balaban J connectivity index is 2.27. The Morgan fingerprint density at radius 1 is 1.27 bits per heavy atom. The van der Waals surface area contributed by atoms with Crippen LogP contribution in [-0.4, -0.2) is 30.7 Å². The smallest absolute Gasteiger partial charge is 0.273 e. The number of rotatable bonds is 7. The lowest BCUT2D eigenvalue weighted by Crippen LogP contribution is -2.34. The molecule has 1 aromatic heterocycles. The first kappa shape index (κ1) is 24.5. The van der Waals surface area contributed by atoms with E-state index < -0.39 is 5.91 Å². The lowest BCUT2D eigenvalue weighted by atomic mass is 10.0. The molecule has 1 N–H and O–H groups in total. The molecule has 0 aliphatic rings. The van der Waals surface area contributed by atoms with Gasteiger partial charge in [-0.1, -0.05) is 49.7 Å². The summed E-state index contributed by atoms with van der Waals surface area (Å²) in [5, 5.41) is 13.0. The minimum absolute atomic E-state index is 0.133. The van der Waals surface area contributed by atoms with Crippen molar-refractivity contribution in [2.45, 2.75) is 19.8 Å². The van der Waals surface area contributed by atoms with E-state index in [1.165, 1.54) is 11.7 Å². The maximum absolute atomic E-state index is 13.4. The van der Waals surface area contributed by atoms with Gasteiger partial charge in [-0.05, 0) is 47.4 Å². The quantitative estimate of drug-likeness (QED) is 0.526. The summed E-state index contributed by atoms with van der Waals surface area (Å²) in [6.45, 7) is 4.73. The molecule has 1 amide bonds. The zero-order valence-electron chi connectivity index (χ0n) is 18.6. The Labute approximate surface area is 201 Å². The van der Waals surface area contributed by atoms with Crippen molar-refractivity contribution < 1.29 is 9.53 Å². The fraction of sp³-hybridized carbons (Fsp3) is 0.240. The van der Waals surface area contributed by atoms with Crippen molar-refractivity contribution in [1.82, 2.24) is 9.88 Å². The highest BCUT2D eigenvalue weighted by Crippen LogP contribution is 2.16. The van der Waals surface area contributed by atoms with Crippen LogP contribution >= 0.6 is 22.9 Å². The van der Waals surface area contributed by atoms with E-state index in [-0.39, 0.29) is 22.3 Å². The molecule has 0 unspecified atom stereocenters. The van der Waals surface area contributed by atoms with Crippen molar-refractivity contribution in [1.29, 1.82) is 5.26 Å². The molecule has 0 fully saturated rings. The van der Waals surface area contributed by atoms with Crippen LogP contribution in [0.2, 0.25) is 5.02 Å². The number of nitrogens with zero attached hydrogens (tertiary/aromatic N) is 2. The van der Waals surface area contributed by atoms with Crippen molar-refractivity contribution in [2.24, 2.45) is 0 Å². The molecule has 3 aromatic rings. The number of aromatic nitrogens is 1. The first-order valence-electron chi connectivity index (χ1n) is 10.4. The molecule has 8 heteroatoms. The van der Waals surface area contributed by atoms with E-state index in [1.54, 1.807) is 24.3 Å². The second-order valence-corrected chi connectivity index (χ2v) is 9.06. The van der Waals surface area contributed by atoms with Gasteiger partial charge in [0.15, 0.2) is 5.57 Å². The molecule has 6 nitrogen and oxygen atoms in total. The van der Waals surface area contributed by atoms with Crippen LogP contribution < -0.4 is 20.1 Å². The summed E-state index contributed by atoms with van der Waals surface area (Å²) >= 11 is 7.18. The average Bonchev–Trinajstić information content (AvgIpc) is 3.10. The number of hydrogen-bond acceptors (Lipinski definition) is 5. The number of nitrogens with one attached hydrogen (secondary N) is 1. The van der Waals surface area contributed by atoms with Crippen molar-refractivity contribution in [3.8, 4) is 11.8 Å². The van der Waals surface area contributed by atoms with Gasteiger partial charge in [-0.3, -0.25) is 14.2 Å². The third-order valence-electron chi connectivity index (χ3n) is 4.93. The molecule has 0 bridgehead atoms. The first-order chi connectivity index (χ1) is 15.8. The van der Waals surface area contributed by atoms with Gasteiger partial charge in [0.25, 0.3) is 11.5 Å². The molecule has 0 radical (unpaired) electrons. The highest BCUT2D eigenvalue weighted by Gasteiger charge is 2.17. The van der Waals surface area contributed by atoms with Gasteiger partial charge in [0.05, 0.1) is 16.8 Å². The second kappa shape index (κ2) is 11.1. The Hall–Kier alpha value is -3.18. The topological polar surface area (TPSA) is 84.1 Å². The third-order valence-corrected chi connectivity index (χ3v) is 6.26. The van der Waals surface area contributed by atoms with Crippen molar-refractivity contribution in [3.05, 3.63) is 84.2 Å². The van der Waals surface area contributed by atoms with Gasteiger partial charge in [0.1, 0.15) is 10.7 Å². The van der Waals surface area contributed by atoms with Crippen LogP contribution in [0.15, 0.2) is 53.3 Å². The summed E-state index contributed by atoms with van der Waals surface area (Å²) in [6.07, 6.45) is 1.71. The van der Waals surface area contributed by atoms with E-state index >= 15 is 0 Å². The molecule has 2 aromatic carbocycles. The highest BCUT2D eigenvalue weighted by molar-refractivity contribution is 7.07. The lowest BCUT2D eigenvalue weighted by Gasteiger charge is -2.08. The van der Waals surface area contributed by atoms with E-state index in [1.807, 2.05) is 36.4 Å². The molecular formula is C25H24ClN3O3S. The number of nitriles is 1. The molecule has 3 rings (SSSR count). The minimum atomic E-state index is -0.558. The van der Waals surface area contributed by atoms with Gasteiger partial charge in [-0.25, -0.2) is 0 Å². The number of carbonyl (C=O) groups is 1. The molecule has 0 atom stereocenters. The number of methoxy groups -OCH3 is 1. The van der Waals surface area contributed by atoms with Crippen LogP contribution in [0.25, 0.3) is 17.3 Å². The SMILES string of the molecule is COCCNC(=O)/C(C#N)=c1\s/c(=C\c2cccc(Cl)c2)c(=O)n1-c1ccc(C(C)C)cc1. The van der Waals surface area contributed by atoms with E-state index in [2.05, 4.69) is 19.2 Å². The van der Waals surface area contributed by atoms with Crippen LogP contribution in [0.5, 0.6) is 0 Å². The fourth-order valence-corrected chi connectivity index (χ4v) is 4.49. The molecule has 33 heavy (non-hydrogen) atoms. The molecular weight excluding hydrogens is 458 g/mol. The van der Waals surface area contributed by atoms with E-state index in [0.717, 1.165) is 22.5 Å². The zero-order valence-corrected chi connectivity index (χ0v) is 20.2. The van der Waals surface area contributed by atoms with E-state index in [0.29, 0.717) is 27.8 Å². The Bertz CT molecular complexity index is 1370. The van der Waals surface area contributed by atoms with Crippen LogP contribution in [0, 0.1) is 11.3 Å². The van der Waals surface area contributed by atoms with Crippen molar-refractivity contribution >= 4 is 40.5 Å². The van der Waals surface area contributed by atoms with E-state index in [9.17, 15) is 14.9 Å². The van der Waals surface area contributed by atoms with E-state index in [4.69, 9.17) is 16.3 Å². The summed E-state index contributed by atoms with van der Waals surface area (Å²) in [5.74, 6) is -0.227. The normalized spacial score (nSPS) is 12.5. The molecule has 0 aliphatic heterocycles. The van der Waals surface area contributed by atoms with Crippen molar-refractivity contribution in [2.75, 3.05) is 20.3 Å². The second-order valence-electron chi connectivity index (χ2n) is 7.59. The van der Waals surface area contributed by atoms with Gasteiger partial charge in [-0.15, -0.1) is 11.3 Å². The summed E-state index contributed by atoms with van der Waals surface area (Å²) < 4.78 is 7.03. The number of halogens is 1. The third kappa shape index (κ3) is 5.79. The lowest BCUT2D eigenvalue weighted by molar-refractivity contribution is -0.115. The van der Waals surface area contributed by atoms with Gasteiger partial charge in [-0.2, -0.15) is 5.26 Å². The number of hydrogen-bond donors (Lipinski definition) is 1. The largest absolute Gasteiger partial charge is 0.383 e. The Morgan fingerprint density at radius 2 is 2.00 bits per heavy atom. The summed E-state index contributed by atoms with van der Waals surface area (Å²) in [4.78, 5) is 26.2. The summed E-state index contributed by atoms with van der Waals surface area (Å²) in [5.41, 5.74) is 2.00. The number of ether oxygens (including phenoxy) is 1. The van der Waals surface area contributed by atoms with Crippen LogP contribution in [0.4, 0.5) is 0 Å². The van der Waals surface area contributed by atoms with Gasteiger partial charge in [0.2, 0.25) is 0 Å². The Kier molecular flexibility index (Phi) is 8.23. The highest BCUT2D eigenvalue weighted by atomic mass is 35.5. The molecule has 0 aliphatic carbocycles. The van der Waals surface area contributed by atoms with Crippen LogP contribution in [0.1, 0.15) is 30.9 Å². The fourth-order valence-electron chi connectivity index (χ4n) is 3.19. The maximum atomic E-state index is 13.4. The van der Waals surface area contributed by atoms with Crippen LogP contribution in [0.3, 0.4) is 0 Å². The summed E-state index contributed by atoms with van der Waals surface area (Å²) in [7, 11) is 1.52. The average molecular weight is 482 g/mol. The van der Waals surface area contributed by atoms with Crippen LogP contribution in [-0.2, 0) is 9.53 Å². The van der Waals surface area contributed by atoms with Gasteiger partial charge >= 0.3 is 0 Å². The molecule has 1 heterocycles. The monoisotopic (exact) mass is 481 g/mol. The Morgan fingerprint density at radius 3 is 2.61 bits per heavy atom.